The van der Waals surface area contributed by atoms with Crippen LogP contribution < -0.4 is 9.47 Å². The van der Waals surface area contributed by atoms with Gasteiger partial charge in [-0.2, -0.15) is 13.2 Å². The number of alkyl halides is 3. The molecule has 0 aliphatic heterocycles. The zero-order valence-electron chi connectivity index (χ0n) is 21.0. The standard InChI is InChI=1S/C30H32F4O3/c1-2-3-4-5-20-6-8-21(9-7-20)22-10-12-23(13-11-22)29(35)37-25-15-16-26-24(18-25)14-17-27(28(26)31)36-19-30(32,33)34/h10-18,20-21H,2-9,19H2,1H3. The molecule has 4 rings (SSSR count). The van der Waals surface area contributed by atoms with E-state index < -0.39 is 30.3 Å². The molecule has 0 radical (unpaired) electrons. The molecule has 1 aliphatic rings. The van der Waals surface area contributed by atoms with Crippen LogP contribution in [0.4, 0.5) is 17.6 Å². The molecule has 3 aromatic rings. The maximum absolute atomic E-state index is 14.6. The Bertz CT molecular complexity index is 1200. The fourth-order valence-electron chi connectivity index (χ4n) is 5.11. The van der Waals surface area contributed by atoms with Crippen LogP contribution in [0.1, 0.15) is 80.1 Å². The van der Waals surface area contributed by atoms with Crippen molar-refractivity contribution in [3.05, 3.63) is 71.5 Å². The van der Waals surface area contributed by atoms with E-state index in [2.05, 4.69) is 11.7 Å². The van der Waals surface area contributed by atoms with E-state index in [4.69, 9.17) is 4.74 Å². The molecule has 0 atom stereocenters. The lowest BCUT2D eigenvalue weighted by atomic mass is 9.77. The van der Waals surface area contributed by atoms with Crippen LogP contribution >= 0.6 is 0 Å². The third kappa shape index (κ3) is 7.24. The van der Waals surface area contributed by atoms with Crippen LogP contribution in [0.3, 0.4) is 0 Å². The molecule has 0 N–H and O–H groups in total. The number of fused-ring (bicyclic) bond motifs is 1. The molecule has 0 saturated heterocycles. The monoisotopic (exact) mass is 516 g/mol. The summed E-state index contributed by atoms with van der Waals surface area (Å²) in [6, 6.07) is 14.3. The maximum Gasteiger partial charge on any atom is 0.422 e. The number of unbranched alkanes of at least 4 members (excludes halogenated alkanes) is 2. The topological polar surface area (TPSA) is 35.5 Å². The lowest BCUT2D eigenvalue weighted by Crippen LogP contribution is -2.19. The van der Waals surface area contributed by atoms with E-state index in [1.165, 1.54) is 81.2 Å². The number of halogens is 4. The van der Waals surface area contributed by atoms with E-state index in [0.717, 1.165) is 12.0 Å². The molecule has 1 aliphatic carbocycles. The van der Waals surface area contributed by atoms with Crippen molar-refractivity contribution >= 4 is 16.7 Å². The van der Waals surface area contributed by atoms with Crippen molar-refractivity contribution in [2.45, 2.75) is 70.4 Å². The van der Waals surface area contributed by atoms with Gasteiger partial charge in [0.2, 0.25) is 0 Å². The second kappa shape index (κ2) is 12.0. The molecular weight excluding hydrogens is 484 g/mol. The average molecular weight is 517 g/mol. The van der Waals surface area contributed by atoms with Crippen molar-refractivity contribution in [3.8, 4) is 11.5 Å². The van der Waals surface area contributed by atoms with Crippen LogP contribution in [0.2, 0.25) is 0 Å². The first-order chi connectivity index (χ1) is 17.7. The second-order valence-corrected chi connectivity index (χ2v) is 9.89. The summed E-state index contributed by atoms with van der Waals surface area (Å²) in [6.45, 7) is 0.655. The first-order valence-electron chi connectivity index (χ1n) is 13.0. The van der Waals surface area contributed by atoms with Crippen LogP contribution in [-0.2, 0) is 0 Å². The minimum atomic E-state index is -4.56. The molecule has 0 spiro atoms. The molecule has 0 unspecified atom stereocenters. The highest BCUT2D eigenvalue weighted by atomic mass is 19.4. The SMILES string of the molecule is CCCCCC1CCC(c2ccc(C(=O)Oc3ccc4c(F)c(OCC(F)(F)F)ccc4c3)cc2)CC1. The van der Waals surface area contributed by atoms with Crippen molar-refractivity contribution in [3.63, 3.8) is 0 Å². The molecule has 0 amide bonds. The Labute approximate surface area is 214 Å². The molecule has 3 nitrogen and oxygen atoms in total. The highest BCUT2D eigenvalue weighted by Gasteiger charge is 2.29. The number of carbonyl (C=O) groups is 1. The predicted octanol–water partition coefficient (Wildman–Crippen LogP) is 8.99. The highest BCUT2D eigenvalue weighted by Crippen LogP contribution is 2.38. The summed E-state index contributed by atoms with van der Waals surface area (Å²) in [5, 5.41) is 0.451. The van der Waals surface area contributed by atoms with Crippen molar-refractivity contribution in [1.82, 2.24) is 0 Å². The molecular formula is C30H32F4O3. The van der Waals surface area contributed by atoms with Crippen molar-refractivity contribution < 1.29 is 31.8 Å². The summed E-state index contributed by atoms with van der Waals surface area (Å²) < 4.78 is 61.8. The zero-order valence-corrected chi connectivity index (χ0v) is 21.0. The van der Waals surface area contributed by atoms with E-state index in [9.17, 15) is 22.4 Å². The number of rotatable bonds is 9. The van der Waals surface area contributed by atoms with Crippen molar-refractivity contribution in [2.24, 2.45) is 5.92 Å². The summed E-state index contributed by atoms with van der Waals surface area (Å²) in [5.41, 5.74) is 1.66. The Morgan fingerprint density at radius 1 is 0.946 bits per heavy atom. The van der Waals surface area contributed by atoms with Crippen LogP contribution in [0.5, 0.6) is 11.5 Å². The van der Waals surface area contributed by atoms with Gasteiger partial charge in [-0.1, -0.05) is 50.8 Å². The molecule has 7 heteroatoms. The summed E-state index contributed by atoms with van der Waals surface area (Å²) >= 11 is 0. The molecule has 198 valence electrons. The summed E-state index contributed by atoms with van der Waals surface area (Å²) in [5.74, 6) is -0.341. The first kappa shape index (κ1) is 27.0. The minimum Gasteiger partial charge on any atom is -0.481 e. The Morgan fingerprint density at radius 2 is 1.68 bits per heavy atom. The number of ether oxygens (including phenoxy) is 2. The van der Waals surface area contributed by atoms with Gasteiger partial charge in [0.15, 0.2) is 18.2 Å². The fraction of sp³-hybridized carbons (Fsp3) is 0.433. The molecule has 0 bridgehead atoms. The van der Waals surface area contributed by atoms with Gasteiger partial charge in [-0.05, 0) is 84.9 Å². The number of hydrogen-bond acceptors (Lipinski definition) is 3. The van der Waals surface area contributed by atoms with E-state index in [1.54, 1.807) is 12.1 Å². The Balaban J connectivity index is 1.35. The van der Waals surface area contributed by atoms with Gasteiger partial charge in [-0.15, -0.1) is 0 Å². The molecule has 37 heavy (non-hydrogen) atoms. The zero-order chi connectivity index (χ0) is 26.4. The summed E-state index contributed by atoms with van der Waals surface area (Å²) in [6.07, 6.45) is 5.54. The minimum absolute atomic E-state index is 0.0731. The Morgan fingerprint density at radius 3 is 2.35 bits per heavy atom. The average Bonchev–Trinajstić information content (AvgIpc) is 2.88. The Kier molecular flexibility index (Phi) is 8.72. The van der Waals surface area contributed by atoms with Gasteiger partial charge >= 0.3 is 12.1 Å². The van der Waals surface area contributed by atoms with Crippen molar-refractivity contribution in [1.29, 1.82) is 0 Å². The number of benzene rings is 3. The Hall–Kier alpha value is -3.09. The lowest BCUT2D eigenvalue weighted by molar-refractivity contribution is -0.153. The molecule has 3 aromatic carbocycles. The molecule has 1 fully saturated rings. The van der Waals surface area contributed by atoms with Gasteiger partial charge in [0.05, 0.1) is 5.56 Å². The summed E-state index contributed by atoms with van der Waals surface area (Å²) in [4.78, 5) is 12.7. The molecule has 1 saturated carbocycles. The van der Waals surface area contributed by atoms with Crippen molar-refractivity contribution in [2.75, 3.05) is 6.61 Å². The highest BCUT2D eigenvalue weighted by molar-refractivity contribution is 5.92. The maximum atomic E-state index is 14.6. The lowest BCUT2D eigenvalue weighted by Gasteiger charge is -2.29. The first-order valence-corrected chi connectivity index (χ1v) is 13.0. The number of carbonyl (C=O) groups excluding carboxylic acids is 1. The van der Waals surface area contributed by atoms with Crippen LogP contribution in [0, 0.1) is 11.7 Å². The van der Waals surface area contributed by atoms with Gasteiger partial charge in [0.1, 0.15) is 5.75 Å². The quantitative estimate of drug-likeness (QED) is 0.123. The van der Waals surface area contributed by atoms with Gasteiger partial charge in [0.25, 0.3) is 0 Å². The van der Waals surface area contributed by atoms with Crippen LogP contribution in [-0.4, -0.2) is 18.8 Å². The predicted molar refractivity (Wildman–Crippen MR) is 136 cm³/mol. The normalized spacial score (nSPS) is 18.1. The van der Waals surface area contributed by atoms with Gasteiger partial charge < -0.3 is 9.47 Å². The van der Waals surface area contributed by atoms with Crippen LogP contribution in [0.25, 0.3) is 10.8 Å². The molecule has 0 aromatic heterocycles. The summed E-state index contributed by atoms with van der Waals surface area (Å²) in [7, 11) is 0. The third-order valence-corrected chi connectivity index (χ3v) is 7.17. The van der Waals surface area contributed by atoms with Gasteiger partial charge in [-0.25, -0.2) is 9.18 Å². The number of esters is 1. The second-order valence-electron chi connectivity index (χ2n) is 9.89. The van der Waals surface area contributed by atoms with Gasteiger partial charge in [0, 0.05) is 5.39 Å². The smallest absolute Gasteiger partial charge is 0.422 e. The third-order valence-electron chi connectivity index (χ3n) is 7.17. The van der Waals surface area contributed by atoms with E-state index >= 15 is 0 Å². The van der Waals surface area contributed by atoms with E-state index in [-0.39, 0.29) is 11.1 Å². The largest absolute Gasteiger partial charge is 0.481 e. The van der Waals surface area contributed by atoms with Gasteiger partial charge in [-0.3, -0.25) is 0 Å². The fourth-order valence-corrected chi connectivity index (χ4v) is 5.11. The number of hydrogen-bond donors (Lipinski definition) is 0. The molecule has 0 heterocycles. The van der Waals surface area contributed by atoms with Crippen LogP contribution in [0.15, 0.2) is 54.6 Å². The van der Waals surface area contributed by atoms with E-state index in [0.29, 0.717) is 16.9 Å². The van der Waals surface area contributed by atoms with E-state index in [1.807, 2.05) is 12.1 Å².